The number of hydrogen-bond acceptors (Lipinski definition) is 2. The summed E-state index contributed by atoms with van der Waals surface area (Å²) in [6.07, 6.45) is 8.88. The molecule has 1 aliphatic rings. The lowest BCUT2D eigenvalue weighted by atomic mass is 10.0. The molecule has 0 aromatic rings. The van der Waals surface area contributed by atoms with Crippen molar-refractivity contribution in [1.82, 2.24) is 0 Å². The zero-order valence-electron chi connectivity index (χ0n) is 8.45. The molecule has 0 aromatic carbocycles. The number of ether oxygens (including phenoxy) is 1. The van der Waals surface area contributed by atoms with Crippen molar-refractivity contribution in [2.75, 3.05) is 0 Å². The maximum absolute atomic E-state index is 10.7. The molecule has 74 valence electrons. The van der Waals surface area contributed by atoms with Crippen molar-refractivity contribution in [2.24, 2.45) is 5.92 Å². The number of carbonyl (C=O) groups is 1. The van der Waals surface area contributed by atoms with Crippen LogP contribution in [-0.4, -0.2) is 12.1 Å². The van der Waals surface area contributed by atoms with Crippen LogP contribution in [0.25, 0.3) is 0 Å². The van der Waals surface area contributed by atoms with Gasteiger partial charge in [0.15, 0.2) is 0 Å². The van der Waals surface area contributed by atoms with E-state index in [4.69, 9.17) is 4.74 Å². The van der Waals surface area contributed by atoms with Gasteiger partial charge in [-0.05, 0) is 38.5 Å². The van der Waals surface area contributed by atoms with Gasteiger partial charge in [-0.25, -0.2) is 0 Å². The number of carbonyl (C=O) groups excluding carboxylic acids is 1. The normalized spacial score (nSPS) is 28.2. The minimum atomic E-state index is -0.142. The topological polar surface area (TPSA) is 26.3 Å². The average Bonchev–Trinajstić information content (AvgIpc) is 2.48. The summed E-state index contributed by atoms with van der Waals surface area (Å²) >= 11 is 0. The minimum Gasteiger partial charge on any atom is -0.463 e. The Hall–Kier alpha value is -0.790. The van der Waals surface area contributed by atoms with Crippen LogP contribution in [-0.2, 0) is 9.53 Å². The summed E-state index contributed by atoms with van der Waals surface area (Å²) in [7, 11) is 0. The van der Waals surface area contributed by atoms with Crippen LogP contribution in [0.2, 0.25) is 0 Å². The molecule has 0 N–H and O–H groups in total. The van der Waals surface area contributed by atoms with Gasteiger partial charge >= 0.3 is 5.97 Å². The lowest BCUT2D eigenvalue weighted by Crippen LogP contribution is -2.12. The third-order valence-corrected chi connectivity index (χ3v) is 2.53. The highest BCUT2D eigenvalue weighted by molar-refractivity contribution is 5.66. The molecule has 1 rings (SSSR count). The monoisotopic (exact) mass is 182 g/mol. The Kier molecular flexibility index (Phi) is 4.00. The van der Waals surface area contributed by atoms with Crippen molar-refractivity contribution >= 4 is 5.97 Å². The van der Waals surface area contributed by atoms with Crippen LogP contribution in [0.1, 0.15) is 39.5 Å². The molecule has 2 nitrogen and oxygen atoms in total. The molecule has 2 atom stereocenters. The smallest absolute Gasteiger partial charge is 0.302 e. The van der Waals surface area contributed by atoms with E-state index in [0.717, 1.165) is 25.2 Å². The molecular weight excluding hydrogens is 164 g/mol. The van der Waals surface area contributed by atoms with Crippen LogP contribution in [0, 0.1) is 5.92 Å². The maximum atomic E-state index is 10.7. The van der Waals surface area contributed by atoms with E-state index in [1.54, 1.807) is 0 Å². The first-order chi connectivity index (χ1) is 6.22. The molecule has 1 saturated carbocycles. The van der Waals surface area contributed by atoms with E-state index in [1.165, 1.54) is 13.3 Å². The van der Waals surface area contributed by atoms with E-state index in [0.29, 0.717) is 0 Å². The quantitative estimate of drug-likeness (QED) is 0.495. The summed E-state index contributed by atoms with van der Waals surface area (Å²) in [5, 5.41) is 0. The summed E-state index contributed by atoms with van der Waals surface area (Å²) in [6, 6.07) is 0. The van der Waals surface area contributed by atoms with Gasteiger partial charge in [-0.1, -0.05) is 12.2 Å². The van der Waals surface area contributed by atoms with E-state index >= 15 is 0 Å². The fourth-order valence-corrected chi connectivity index (χ4v) is 1.91. The molecular formula is C11H18O2. The van der Waals surface area contributed by atoms with Crippen LogP contribution < -0.4 is 0 Å². The highest BCUT2D eigenvalue weighted by Crippen LogP contribution is 2.30. The van der Waals surface area contributed by atoms with Gasteiger partial charge in [0.25, 0.3) is 0 Å². The van der Waals surface area contributed by atoms with E-state index in [9.17, 15) is 4.79 Å². The summed E-state index contributed by atoms with van der Waals surface area (Å²) in [5.74, 6) is 0.581. The Morgan fingerprint density at radius 2 is 2.31 bits per heavy atom. The summed E-state index contributed by atoms with van der Waals surface area (Å²) < 4.78 is 5.16. The third-order valence-electron chi connectivity index (χ3n) is 2.53. The molecule has 13 heavy (non-hydrogen) atoms. The van der Waals surface area contributed by atoms with Crippen molar-refractivity contribution in [3.8, 4) is 0 Å². The number of rotatable bonds is 3. The Morgan fingerprint density at radius 3 is 2.92 bits per heavy atom. The standard InChI is InChI=1S/C11H18O2/c1-3-4-5-10-6-7-11(8-10)13-9(2)12/h3-4,10-11H,5-8H2,1-2H3. The highest BCUT2D eigenvalue weighted by atomic mass is 16.5. The molecule has 2 heteroatoms. The zero-order chi connectivity index (χ0) is 9.68. The number of hydrogen-bond donors (Lipinski definition) is 0. The summed E-state index contributed by atoms with van der Waals surface area (Å²) in [5.41, 5.74) is 0. The fourth-order valence-electron chi connectivity index (χ4n) is 1.91. The second-order valence-electron chi connectivity index (χ2n) is 3.72. The van der Waals surface area contributed by atoms with Crippen LogP contribution in [0.3, 0.4) is 0 Å². The van der Waals surface area contributed by atoms with Crippen molar-refractivity contribution < 1.29 is 9.53 Å². The van der Waals surface area contributed by atoms with E-state index < -0.39 is 0 Å². The number of allylic oxidation sites excluding steroid dienone is 2. The minimum absolute atomic E-state index is 0.142. The SMILES string of the molecule is CC=CCC1CCC(OC(C)=O)C1. The van der Waals surface area contributed by atoms with Crippen LogP contribution in [0.5, 0.6) is 0 Å². The molecule has 0 aliphatic heterocycles. The largest absolute Gasteiger partial charge is 0.463 e. The first-order valence-electron chi connectivity index (χ1n) is 5.00. The molecule has 1 fully saturated rings. The van der Waals surface area contributed by atoms with Gasteiger partial charge in [-0.15, -0.1) is 0 Å². The van der Waals surface area contributed by atoms with Gasteiger partial charge in [-0.3, -0.25) is 4.79 Å². The van der Waals surface area contributed by atoms with E-state index in [-0.39, 0.29) is 12.1 Å². The highest BCUT2D eigenvalue weighted by Gasteiger charge is 2.25. The van der Waals surface area contributed by atoms with Crippen LogP contribution >= 0.6 is 0 Å². The van der Waals surface area contributed by atoms with Crippen molar-refractivity contribution in [3.05, 3.63) is 12.2 Å². The first-order valence-corrected chi connectivity index (χ1v) is 5.00. The fraction of sp³-hybridized carbons (Fsp3) is 0.727. The Bertz CT molecular complexity index is 196. The van der Waals surface area contributed by atoms with Crippen molar-refractivity contribution in [3.63, 3.8) is 0 Å². The average molecular weight is 182 g/mol. The molecule has 2 unspecified atom stereocenters. The predicted molar refractivity (Wildman–Crippen MR) is 52.3 cm³/mol. The predicted octanol–water partition coefficient (Wildman–Crippen LogP) is 2.68. The maximum Gasteiger partial charge on any atom is 0.302 e. The molecule has 0 aromatic heterocycles. The lowest BCUT2D eigenvalue weighted by Gasteiger charge is -2.09. The molecule has 0 amide bonds. The van der Waals surface area contributed by atoms with Crippen molar-refractivity contribution in [2.45, 2.75) is 45.6 Å². The van der Waals surface area contributed by atoms with Gasteiger partial charge in [-0.2, -0.15) is 0 Å². The van der Waals surface area contributed by atoms with Gasteiger partial charge in [0.2, 0.25) is 0 Å². The third kappa shape index (κ3) is 3.62. The Labute approximate surface area is 80.0 Å². The first kappa shape index (κ1) is 10.3. The Balaban J connectivity index is 2.23. The van der Waals surface area contributed by atoms with Gasteiger partial charge in [0.05, 0.1) is 0 Å². The van der Waals surface area contributed by atoms with Gasteiger partial charge in [0.1, 0.15) is 6.10 Å². The van der Waals surface area contributed by atoms with Crippen LogP contribution in [0.15, 0.2) is 12.2 Å². The zero-order valence-corrected chi connectivity index (χ0v) is 8.45. The number of esters is 1. The van der Waals surface area contributed by atoms with Crippen molar-refractivity contribution in [1.29, 1.82) is 0 Å². The molecule has 1 aliphatic carbocycles. The second-order valence-corrected chi connectivity index (χ2v) is 3.72. The lowest BCUT2D eigenvalue weighted by molar-refractivity contribution is -0.146. The van der Waals surface area contributed by atoms with E-state index in [1.807, 2.05) is 6.92 Å². The van der Waals surface area contributed by atoms with Crippen LogP contribution in [0.4, 0.5) is 0 Å². The van der Waals surface area contributed by atoms with Gasteiger partial charge in [0, 0.05) is 6.92 Å². The second kappa shape index (κ2) is 5.05. The van der Waals surface area contributed by atoms with Gasteiger partial charge < -0.3 is 4.74 Å². The Morgan fingerprint density at radius 1 is 1.54 bits per heavy atom. The molecule has 0 saturated heterocycles. The summed E-state index contributed by atoms with van der Waals surface area (Å²) in [4.78, 5) is 10.7. The molecule has 0 radical (unpaired) electrons. The molecule has 0 bridgehead atoms. The molecule has 0 heterocycles. The molecule has 0 spiro atoms. The van der Waals surface area contributed by atoms with E-state index in [2.05, 4.69) is 12.2 Å². The summed E-state index contributed by atoms with van der Waals surface area (Å²) in [6.45, 7) is 3.53.